The number of benzene rings is 1. The van der Waals surface area contributed by atoms with Gasteiger partial charge in [0.1, 0.15) is 5.69 Å². The van der Waals surface area contributed by atoms with Crippen molar-refractivity contribution in [1.29, 1.82) is 0 Å². The fourth-order valence-electron chi connectivity index (χ4n) is 2.08. The van der Waals surface area contributed by atoms with Gasteiger partial charge in [0.05, 0.1) is 10.7 Å². The number of hydrogen-bond donors (Lipinski definition) is 1. The lowest BCUT2D eigenvalue weighted by Gasteiger charge is -2.06. The minimum absolute atomic E-state index is 0.207. The molecule has 0 saturated heterocycles. The molecule has 0 radical (unpaired) electrons. The fourth-order valence-corrected chi connectivity index (χ4v) is 2.71. The summed E-state index contributed by atoms with van der Waals surface area (Å²) in [6, 6.07) is 13.0. The van der Waals surface area contributed by atoms with Crippen LogP contribution in [-0.2, 0) is 0 Å². The smallest absolute Gasteiger partial charge is 0.274 e. The van der Waals surface area contributed by atoms with Crippen molar-refractivity contribution in [3.63, 3.8) is 0 Å². The third-order valence-corrected chi connectivity index (χ3v) is 3.95. The van der Waals surface area contributed by atoms with Gasteiger partial charge < -0.3 is 5.32 Å². The average Bonchev–Trinajstić information content (AvgIpc) is 2.94. The summed E-state index contributed by atoms with van der Waals surface area (Å²) in [4.78, 5) is 20.8. The van der Waals surface area contributed by atoms with Crippen LogP contribution >= 0.6 is 11.3 Å². The number of hydrogen-bond acceptors (Lipinski definition) is 4. The SMILES string of the molecule is Cc1cccc(C(=O)Nc2ccc(-c3csc(C)n3)cc2)n1. The van der Waals surface area contributed by atoms with Crippen molar-refractivity contribution >= 4 is 22.9 Å². The lowest BCUT2D eigenvalue weighted by molar-refractivity contribution is 0.102. The van der Waals surface area contributed by atoms with E-state index in [0.717, 1.165) is 27.6 Å². The summed E-state index contributed by atoms with van der Waals surface area (Å²) in [7, 11) is 0. The zero-order valence-corrected chi connectivity index (χ0v) is 13.1. The Labute approximate surface area is 132 Å². The highest BCUT2D eigenvalue weighted by molar-refractivity contribution is 7.09. The zero-order chi connectivity index (χ0) is 15.5. The molecule has 0 saturated carbocycles. The Hall–Kier alpha value is -2.53. The predicted octanol–water partition coefficient (Wildman–Crippen LogP) is 4.07. The number of carbonyl (C=O) groups is 1. The van der Waals surface area contributed by atoms with Crippen LogP contribution in [0.2, 0.25) is 0 Å². The molecule has 1 N–H and O–H groups in total. The molecule has 1 amide bonds. The van der Waals surface area contributed by atoms with Gasteiger partial charge in [-0.15, -0.1) is 11.3 Å². The van der Waals surface area contributed by atoms with Gasteiger partial charge in [-0.25, -0.2) is 9.97 Å². The topological polar surface area (TPSA) is 54.9 Å². The van der Waals surface area contributed by atoms with Gasteiger partial charge in [0, 0.05) is 22.3 Å². The maximum atomic E-state index is 12.1. The number of amides is 1. The molecule has 0 aliphatic heterocycles. The molecular weight excluding hydrogens is 294 g/mol. The molecule has 1 aromatic carbocycles. The van der Waals surface area contributed by atoms with E-state index in [1.807, 2.05) is 55.6 Å². The lowest BCUT2D eigenvalue weighted by atomic mass is 10.1. The molecule has 4 nitrogen and oxygen atoms in total. The van der Waals surface area contributed by atoms with Gasteiger partial charge in [0.15, 0.2) is 0 Å². The van der Waals surface area contributed by atoms with E-state index in [9.17, 15) is 4.79 Å². The predicted molar refractivity (Wildman–Crippen MR) is 89.2 cm³/mol. The normalized spacial score (nSPS) is 10.5. The standard InChI is InChI=1S/C17H15N3OS/c1-11-4-3-5-15(18-11)17(21)20-14-8-6-13(7-9-14)16-10-22-12(2)19-16/h3-10H,1-2H3,(H,20,21). The second-order valence-corrected chi connectivity index (χ2v) is 6.01. The zero-order valence-electron chi connectivity index (χ0n) is 12.3. The first-order chi connectivity index (χ1) is 10.6. The molecule has 3 aromatic rings. The number of carbonyl (C=O) groups excluding carboxylic acids is 1. The van der Waals surface area contributed by atoms with Crippen LogP contribution in [-0.4, -0.2) is 15.9 Å². The van der Waals surface area contributed by atoms with E-state index in [0.29, 0.717) is 5.69 Å². The Morgan fingerprint density at radius 2 is 1.82 bits per heavy atom. The van der Waals surface area contributed by atoms with Gasteiger partial charge in [-0.3, -0.25) is 4.79 Å². The number of nitrogens with zero attached hydrogens (tertiary/aromatic N) is 2. The first-order valence-electron chi connectivity index (χ1n) is 6.89. The number of aryl methyl sites for hydroxylation is 2. The summed E-state index contributed by atoms with van der Waals surface area (Å²) in [6.45, 7) is 3.85. The quantitative estimate of drug-likeness (QED) is 0.793. The number of anilines is 1. The number of pyridine rings is 1. The number of aromatic nitrogens is 2. The fraction of sp³-hybridized carbons (Fsp3) is 0.118. The molecule has 2 heterocycles. The summed E-state index contributed by atoms with van der Waals surface area (Å²) in [5.74, 6) is -0.207. The number of rotatable bonds is 3. The van der Waals surface area contributed by atoms with E-state index in [1.165, 1.54) is 0 Å². The summed E-state index contributed by atoms with van der Waals surface area (Å²) >= 11 is 1.62. The van der Waals surface area contributed by atoms with Crippen molar-refractivity contribution < 1.29 is 4.79 Å². The summed E-state index contributed by atoms with van der Waals surface area (Å²) in [6.07, 6.45) is 0. The van der Waals surface area contributed by atoms with E-state index >= 15 is 0 Å². The molecule has 3 rings (SSSR count). The monoisotopic (exact) mass is 309 g/mol. The van der Waals surface area contributed by atoms with Crippen molar-refractivity contribution in [1.82, 2.24) is 9.97 Å². The van der Waals surface area contributed by atoms with Crippen molar-refractivity contribution in [2.45, 2.75) is 13.8 Å². The first-order valence-corrected chi connectivity index (χ1v) is 7.77. The van der Waals surface area contributed by atoms with Gasteiger partial charge >= 0.3 is 0 Å². The van der Waals surface area contributed by atoms with E-state index in [4.69, 9.17) is 0 Å². The molecule has 0 aliphatic rings. The van der Waals surface area contributed by atoms with Crippen molar-refractivity contribution in [3.05, 3.63) is 64.2 Å². The molecule has 0 fully saturated rings. The van der Waals surface area contributed by atoms with Crippen LogP contribution in [0.4, 0.5) is 5.69 Å². The Balaban J connectivity index is 1.75. The third-order valence-electron chi connectivity index (χ3n) is 3.18. The molecule has 0 bridgehead atoms. The Bertz CT molecular complexity index is 809. The van der Waals surface area contributed by atoms with Crippen LogP contribution in [0.3, 0.4) is 0 Å². The maximum Gasteiger partial charge on any atom is 0.274 e. The molecule has 0 aliphatic carbocycles. The molecule has 0 spiro atoms. The van der Waals surface area contributed by atoms with Crippen LogP contribution in [0, 0.1) is 13.8 Å². The molecule has 22 heavy (non-hydrogen) atoms. The van der Waals surface area contributed by atoms with Crippen LogP contribution in [0.15, 0.2) is 47.8 Å². The van der Waals surface area contributed by atoms with E-state index < -0.39 is 0 Å². The number of thiazole rings is 1. The lowest BCUT2D eigenvalue weighted by Crippen LogP contribution is -2.13. The third kappa shape index (κ3) is 3.20. The van der Waals surface area contributed by atoms with E-state index in [2.05, 4.69) is 15.3 Å². The van der Waals surface area contributed by atoms with Gasteiger partial charge in [-0.05, 0) is 38.1 Å². The molecule has 0 atom stereocenters. The van der Waals surface area contributed by atoms with Gasteiger partial charge in [0.2, 0.25) is 0 Å². The second-order valence-electron chi connectivity index (χ2n) is 4.95. The highest BCUT2D eigenvalue weighted by atomic mass is 32.1. The van der Waals surface area contributed by atoms with Gasteiger partial charge in [-0.1, -0.05) is 18.2 Å². The molecule has 0 unspecified atom stereocenters. The molecule has 5 heteroatoms. The second kappa shape index (κ2) is 6.07. The Morgan fingerprint density at radius 3 is 2.45 bits per heavy atom. The highest BCUT2D eigenvalue weighted by Gasteiger charge is 2.08. The van der Waals surface area contributed by atoms with E-state index in [1.54, 1.807) is 17.4 Å². The molecular formula is C17H15N3OS. The van der Waals surface area contributed by atoms with Crippen molar-refractivity contribution in [3.8, 4) is 11.3 Å². The first kappa shape index (κ1) is 14.4. The van der Waals surface area contributed by atoms with Crippen LogP contribution in [0.5, 0.6) is 0 Å². The summed E-state index contributed by atoms with van der Waals surface area (Å²) in [5, 5.41) is 5.92. The van der Waals surface area contributed by atoms with Crippen LogP contribution in [0.25, 0.3) is 11.3 Å². The van der Waals surface area contributed by atoms with Gasteiger partial charge in [0.25, 0.3) is 5.91 Å². The Kier molecular flexibility index (Phi) is 3.98. The van der Waals surface area contributed by atoms with Gasteiger partial charge in [-0.2, -0.15) is 0 Å². The van der Waals surface area contributed by atoms with Crippen LogP contribution in [0.1, 0.15) is 21.2 Å². The van der Waals surface area contributed by atoms with E-state index in [-0.39, 0.29) is 5.91 Å². The average molecular weight is 309 g/mol. The highest BCUT2D eigenvalue weighted by Crippen LogP contribution is 2.23. The minimum atomic E-state index is -0.207. The number of nitrogens with one attached hydrogen (secondary N) is 1. The van der Waals surface area contributed by atoms with Crippen molar-refractivity contribution in [2.75, 3.05) is 5.32 Å². The molecule has 110 valence electrons. The largest absolute Gasteiger partial charge is 0.321 e. The summed E-state index contributed by atoms with van der Waals surface area (Å²) < 4.78 is 0. The Morgan fingerprint density at radius 1 is 1.05 bits per heavy atom. The minimum Gasteiger partial charge on any atom is -0.321 e. The molecule has 2 aromatic heterocycles. The summed E-state index contributed by atoms with van der Waals surface area (Å²) in [5.41, 5.74) is 3.97. The van der Waals surface area contributed by atoms with Crippen molar-refractivity contribution in [2.24, 2.45) is 0 Å². The van der Waals surface area contributed by atoms with Crippen LogP contribution < -0.4 is 5.32 Å². The maximum absolute atomic E-state index is 12.1.